The van der Waals surface area contributed by atoms with Gasteiger partial charge in [0.25, 0.3) is 5.69 Å². The zero-order valence-corrected chi connectivity index (χ0v) is 9.10. The van der Waals surface area contributed by atoms with Gasteiger partial charge in [0.1, 0.15) is 12.1 Å². The summed E-state index contributed by atoms with van der Waals surface area (Å²) in [5, 5.41) is 10.6. The molecule has 1 aromatic carbocycles. The molecule has 0 aliphatic rings. The van der Waals surface area contributed by atoms with Crippen LogP contribution in [0.25, 0.3) is 0 Å². The average molecular weight is 234 g/mol. The molecule has 6 heteroatoms. The quantitative estimate of drug-likeness (QED) is 0.272. The number of carbonyl (C=O) groups excluding carboxylic acids is 1. The van der Waals surface area contributed by atoms with E-state index in [1.807, 2.05) is 0 Å². The van der Waals surface area contributed by atoms with Crippen LogP contribution in [0.1, 0.15) is 12.0 Å². The van der Waals surface area contributed by atoms with Crippen molar-refractivity contribution in [2.75, 3.05) is 12.8 Å². The number of nitrogens with zero attached hydrogens (tertiary/aromatic N) is 1. The van der Waals surface area contributed by atoms with E-state index in [0.717, 1.165) is 0 Å². The molecular weight excluding hydrogens is 224 g/mol. The van der Waals surface area contributed by atoms with Gasteiger partial charge in [-0.3, -0.25) is 14.9 Å². The molecule has 0 saturated carbocycles. The summed E-state index contributed by atoms with van der Waals surface area (Å²) in [7, 11) is 1.26. The Bertz CT molecular complexity index is 514. The molecule has 0 unspecified atom stereocenters. The molecule has 0 amide bonds. The van der Waals surface area contributed by atoms with Gasteiger partial charge in [0, 0.05) is 11.6 Å². The SMILES string of the molecule is COC(=O)CC#Cc1ccc(N)c([N+](=O)[O-])c1. The minimum atomic E-state index is -0.583. The van der Waals surface area contributed by atoms with Gasteiger partial charge in [-0.2, -0.15) is 0 Å². The maximum atomic E-state index is 10.8. The highest BCUT2D eigenvalue weighted by atomic mass is 16.6. The van der Waals surface area contributed by atoms with Crippen LogP contribution < -0.4 is 5.73 Å². The summed E-state index contributed by atoms with van der Waals surface area (Å²) >= 11 is 0. The van der Waals surface area contributed by atoms with Crippen LogP contribution in [-0.2, 0) is 9.53 Å². The normalized spacial score (nSPS) is 9.00. The Morgan fingerprint density at radius 2 is 2.29 bits per heavy atom. The molecule has 0 aromatic heterocycles. The van der Waals surface area contributed by atoms with Crippen molar-refractivity contribution in [1.82, 2.24) is 0 Å². The molecular formula is C11H10N2O4. The Morgan fingerprint density at radius 1 is 1.59 bits per heavy atom. The number of rotatable bonds is 2. The lowest BCUT2D eigenvalue weighted by molar-refractivity contribution is -0.383. The minimum Gasteiger partial charge on any atom is -0.468 e. The van der Waals surface area contributed by atoms with Crippen LogP contribution in [0.4, 0.5) is 11.4 Å². The summed E-state index contributed by atoms with van der Waals surface area (Å²) in [6, 6.07) is 4.21. The predicted molar refractivity (Wildman–Crippen MR) is 61.0 cm³/mol. The fourth-order valence-electron chi connectivity index (χ4n) is 1.07. The number of carbonyl (C=O) groups is 1. The summed E-state index contributed by atoms with van der Waals surface area (Å²) < 4.78 is 4.40. The first kappa shape index (κ1) is 12.5. The van der Waals surface area contributed by atoms with Crippen LogP contribution in [-0.4, -0.2) is 18.0 Å². The van der Waals surface area contributed by atoms with Crippen molar-refractivity contribution in [1.29, 1.82) is 0 Å². The van der Waals surface area contributed by atoms with E-state index in [0.29, 0.717) is 5.56 Å². The van der Waals surface area contributed by atoms with Crippen molar-refractivity contribution < 1.29 is 14.5 Å². The fourth-order valence-corrected chi connectivity index (χ4v) is 1.07. The van der Waals surface area contributed by atoms with Crippen molar-refractivity contribution >= 4 is 17.3 Å². The van der Waals surface area contributed by atoms with Crippen molar-refractivity contribution in [2.45, 2.75) is 6.42 Å². The monoisotopic (exact) mass is 234 g/mol. The Morgan fingerprint density at radius 3 is 2.88 bits per heavy atom. The second-order valence-corrected chi connectivity index (χ2v) is 3.09. The van der Waals surface area contributed by atoms with Gasteiger partial charge in [-0.15, -0.1) is 0 Å². The van der Waals surface area contributed by atoms with Crippen LogP contribution in [0.5, 0.6) is 0 Å². The number of nitrogens with two attached hydrogens (primary N) is 1. The van der Waals surface area contributed by atoms with E-state index in [-0.39, 0.29) is 17.8 Å². The predicted octanol–water partition coefficient (Wildman–Crippen LogP) is 1.09. The lowest BCUT2D eigenvalue weighted by Crippen LogP contribution is -1.97. The number of hydrogen-bond donors (Lipinski definition) is 1. The third-order valence-electron chi connectivity index (χ3n) is 1.92. The molecule has 1 rings (SSSR count). The summed E-state index contributed by atoms with van der Waals surface area (Å²) in [5.41, 5.74) is 5.73. The highest BCUT2D eigenvalue weighted by Gasteiger charge is 2.10. The Hall–Kier alpha value is -2.55. The first-order valence-corrected chi connectivity index (χ1v) is 4.64. The smallest absolute Gasteiger partial charge is 0.317 e. The van der Waals surface area contributed by atoms with Gasteiger partial charge >= 0.3 is 5.97 Å². The third kappa shape index (κ3) is 3.50. The lowest BCUT2D eigenvalue weighted by Gasteiger charge is -1.96. The molecule has 0 aliphatic carbocycles. The van der Waals surface area contributed by atoms with Gasteiger partial charge in [0.15, 0.2) is 0 Å². The van der Waals surface area contributed by atoms with Crippen LogP contribution in [0, 0.1) is 22.0 Å². The van der Waals surface area contributed by atoms with Crippen molar-refractivity contribution in [2.24, 2.45) is 0 Å². The van der Waals surface area contributed by atoms with E-state index < -0.39 is 10.9 Å². The fraction of sp³-hybridized carbons (Fsp3) is 0.182. The van der Waals surface area contributed by atoms with E-state index in [2.05, 4.69) is 16.6 Å². The van der Waals surface area contributed by atoms with Crippen LogP contribution in [0.3, 0.4) is 0 Å². The first-order valence-electron chi connectivity index (χ1n) is 4.64. The molecule has 0 atom stereocenters. The average Bonchev–Trinajstić information content (AvgIpc) is 2.30. The van der Waals surface area contributed by atoms with Crippen molar-refractivity contribution in [3.05, 3.63) is 33.9 Å². The molecule has 0 radical (unpaired) electrons. The second kappa shape index (κ2) is 5.51. The summed E-state index contributed by atoms with van der Waals surface area (Å²) in [5.74, 6) is 4.72. The molecule has 0 aliphatic heterocycles. The standard InChI is InChI=1S/C11H10N2O4/c1-17-11(14)4-2-3-8-5-6-9(12)10(7-8)13(15)16/h5-7H,4,12H2,1H3. The van der Waals surface area contributed by atoms with Gasteiger partial charge in [-0.1, -0.05) is 11.8 Å². The number of benzene rings is 1. The number of hydrogen-bond acceptors (Lipinski definition) is 5. The first-order chi connectivity index (χ1) is 8.04. The number of nitrogen functional groups attached to an aromatic ring is 1. The number of methoxy groups -OCH3 is 1. The molecule has 0 bridgehead atoms. The molecule has 0 heterocycles. The maximum Gasteiger partial charge on any atom is 0.317 e. The zero-order valence-electron chi connectivity index (χ0n) is 9.10. The summed E-state index contributed by atoms with van der Waals surface area (Å²) in [4.78, 5) is 20.8. The molecule has 0 fully saturated rings. The number of anilines is 1. The van der Waals surface area contributed by atoms with Gasteiger partial charge in [0.05, 0.1) is 12.0 Å². The van der Waals surface area contributed by atoms with Crippen LogP contribution in [0.2, 0.25) is 0 Å². The highest BCUT2D eigenvalue weighted by Crippen LogP contribution is 2.21. The van der Waals surface area contributed by atoms with Crippen LogP contribution in [0.15, 0.2) is 18.2 Å². The van der Waals surface area contributed by atoms with E-state index in [9.17, 15) is 14.9 Å². The molecule has 0 spiro atoms. The second-order valence-electron chi connectivity index (χ2n) is 3.09. The number of nitro benzene ring substituents is 1. The molecule has 6 nitrogen and oxygen atoms in total. The minimum absolute atomic E-state index is 0.0608. The topological polar surface area (TPSA) is 95.5 Å². The summed E-state index contributed by atoms with van der Waals surface area (Å²) in [6.07, 6.45) is -0.0608. The summed E-state index contributed by atoms with van der Waals surface area (Å²) in [6.45, 7) is 0. The third-order valence-corrected chi connectivity index (χ3v) is 1.92. The molecule has 0 saturated heterocycles. The van der Waals surface area contributed by atoms with E-state index in [1.165, 1.54) is 19.2 Å². The van der Waals surface area contributed by atoms with E-state index in [1.54, 1.807) is 6.07 Å². The van der Waals surface area contributed by atoms with E-state index in [4.69, 9.17) is 5.73 Å². The highest BCUT2D eigenvalue weighted by molar-refractivity contribution is 5.72. The molecule has 2 N–H and O–H groups in total. The Balaban J connectivity index is 2.89. The Labute approximate surface area is 97.5 Å². The lowest BCUT2D eigenvalue weighted by atomic mass is 10.2. The van der Waals surface area contributed by atoms with Crippen molar-refractivity contribution in [3.63, 3.8) is 0 Å². The largest absolute Gasteiger partial charge is 0.468 e. The Kier molecular flexibility index (Phi) is 4.06. The number of nitro groups is 1. The van der Waals surface area contributed by atoms with Crippen LogP contribution >= 0.6 is 0 Å². The zero-order chi connectivity index (χ0) is 12.8. The van der Waals surface area contributed by atoms with E-state index >= 15 is 0 Å². The molecule has 1 aromatic rings. The number of esters is 1. The molecule has 17 heavy (non-hydrogen) atoms. The molecule has 88 valence electrons. The van der Waals surface area contributed by atoms with Gasteiger partial charge in [0.2, 0.25) is 0 Å². The number of ether oxygens (including phenoxy) is 1. The van der Waals surface area contributed by atoms with Gasteiger partial charge in [-0.25, -0.2) is 0 Å². The maximum absolute atomic E-state index is 10.8. The van der Waals surface area contributed by atoms with Crippen molar-refractivity contribution in [3.8, 4) is 11.8 Å². The van der Waals surface area contributed by atoms with Gasteiger partial charge in [-0.05, 0) is 12.1 Å². The van der Waals surface area contributed by atoms with Gasteiger partial charge < -0.3 is 10.5 Å².